The number of carbonyl (C=O) groups excluding carboxylic acids is 1. The largest absolute Gasteiger partial charge is 0.448 e. The van der Waals surface area contributed by atoms with Crippen LogP contribution in [0.1, 0.15) is 22.6 Å². The molecule has 1 aliphatic carbocycles. The van der Waals surface area contributed by atoms with Crippen molar-refractivity contribution in [2.75, 3.05) is 13.2 Å². The van der Waals surface area contributed by atoms with Gasteiger partial charge in [0.1, 0.15) is 12.4 Å². The van der Waals surface area contributed by atoms with E-state index in [2.05, 4.69) is 12.1 Å². The fraction of sp³-hybridized carbons (Fsp3) is 0.208. The Kier molecular flexibility index (Phi) is 4.50. The molecule has 0 N–H and O–H groups in total. The Bertz CT molecular complexity index is 1100. The van der Waals surface area contributed by atoms with Crippen molar-refractivity contribution in [2.45, 2.75) is 18.4 Å². The Balaban J connectivity index is 1.24. The van der Waals surface area contributed by atoms with E-state index in [1.165, 1.54) is 4.90 Å². The lowest BCUT2D eigenvalue weighted by atomic mass is 9.98. The van der Waals surface area contributed by atoms with Gasteiger partial charge < -0.3 is 9.64 Å². The molecule has 3 aromatic rings. The second kappa shape index (κ2) is 7.20. The number of ether oxygens (including phenoxy) is 1. The van der Waals surface area contributed by atoms with E-state index in [1.807, 2.05) is 36.4 Å². The van der Waals surface area contributed by atoms with Crippen LogP contribution in [0.15, 0.2) is 60.7 Å². The van der Waals surface area contributed by atoms with Gasteiger partial charge in [-0.05, 0) is 40.3 Å². The summed E-state index contributed by atoms with van der Waals surface area (Å²) >= 11 is 0. The van der Waals surface area contributed by atoms with E-state index in [4.69, 9.17) is 4.74 Å². The molecule has 30 heavy (non-hydrogen) atoms. The molecule has 2 aliphatic rings. The predicted molar refractivity (Wildman–Crippen MR) is 106 cm³/mol. The molecule has 0 bridgehead atoms. The minimum atomic E-state index is -1.22. The Labute approximate surface area is 171 Å². The maximum Gasteiger partial charge on any atom is 0.410 e. The SMILES string of the molecule is O=C(OCC1c2ccccc2-c2ccccc21)N1CC1Cc1cc(F)c(F)cc1F. The summed E-state index contributed by atoms with van der Waals surface area (Å²) in [6.07, 6.45) is -0.363. The second-order valence-electron chi connectivity index (χ2n) is 7.67. The van der Waals surface area contributed by atoms with Crippen LogP contribution in [0.2, 0.25) is 0 Å². The molecular formula is C24H18F3NO2. The van der Waals surface area contributed by atoms with Crippen LogP contribution < -0.4 is 0 Å². The zero-order valence-corrected chi connectivity index (χ0v) is 15.9. The third kappa shape index (κ3) is 3.22. The first-order valence-corrected chi connectivity index (χ1v) is 9.78. The van der Waals surface area contributed by atoms with Crippen molar-refractivity contribution < 1.29 is 22.7 Å². The van der Waals surface area contributed by atoms with E-state index < -0.39 is 23.5 Å². The van der Waals surface area contributed by atoms with Crippen LogP contribution in [0.5, 0.6) is 0 Å². The van der Waals surface area contributed by atoms with Crippen LogP contribution in [-0.4, -0.2) is 30.2 Å². The number of hydrogen-bond donors (Lipinski definition) is 0. The summed E-state index contributed by atoms with van der Waals surface area (Å²) in [7, 11) is 0. The molecule has 5 rings (SSSR count). The first kappa shape index (κ1) is 18.7. The predicted octanol–water partition coefficient (Wildman–Crippen LogP) is 5.28. The molecule has 1 amide bonds. The van der Waals surface area contributed by atoms with E-state index >= 15 is 0 Å². The van der Waals surface area contributed by atoms with Crippen molar-refractivity contribution >= 4 is 6.09 Å². The number of halogens is 3. The van der Waals surface area contributed by atoms with Crippen molar-refractivity contribution in [2.24, 2.45) is 0 Å². The molecule has 1 saturated heterocycles. The molecule has 1 aliphatic heterocycles. The van der Waals surface area contributed by atoms with Gasteiger partial charge >= 0.3 is 6.09 Å². The Morgan fingerprint density at radius 1 is 0.900 bits per heavy atom. The minimum absolute atomic E-state index is 0.0385. The molecule has 3 nitrogen and oxygen atoms in total. The Morgan fingerprint density at radius 3 is 2.17 bits per heavy atom. The normalized spacial score (nSPS) is 16.9. The first-order valence-electron chi connectivity index (χ1n) is 9.78. The van der Waals surface area contributed by atoms with Gasteiger partial charge in [0.25, 0.3) is 0 Å². The maximum absolute atomic E-state index is 13.8. The standard InChI is InChI=1S/C24H18F3NO2/c25-21-11-23(27)22(26)10-14(21)9-15-12-28(15)24(29)30-13-20-18-7-3-1-5-16(18)17-6-2-4-8-19(17)20/h1-8,10-11,15,20H,9,12-13H2. The highest BCUT2D eigenvalue weighted by Gasteiger charge is 2.41. The lowest BCUT2D eigenvalue weighted by molar-refractivity contribution is 0.125. The highest BCUT2D eigenvalue weighted by Crippen LogP contribution is 2.44. The molecule has 1 atom stereocenters. The summed E-state index contributed by atoms with van der Waals surface area (Å²) in [5.41, 5.74) is 4.59. The van der Waals surface area contributed by atoms with Crippen LogP contribution >= 0.6 is 0 Å². The Hall–Kier alpha value is -3.28. The van der Waals surface area contributed by atoms with Crippen LogP contribution in [0.4, 0.5) is 18.0 Å². The van der Waals surface area contributed by atoms with Crippen LogP contribution in [0.3, 0.4) is 0 Å². The average Bonchev–Trinajstić information content (AvgIpc) is 3.44. The van der Waals surface area contributed by atoms with Gasteiger partial charge in [0.15, 0.2) is 11.6 Å². The van der Waals surface area contributed by atoms with Crippen LogP contribution in [0.25, 0.3) is 11.1 Å². The topological polar surface area (TPSA) is 29.3 Å². The second-order valence-corrected chi connectivity index (χ2v) is 7.67. The molecule has 3 aromatic carbocycles. The van der Waals surface area contributed by atoms with Gasteiger partial charge in [0.2, 0.25) is 0 Å². The smallest absolute Gasteiger partial charge is 0.410 e. The highest BCUT2D eigenvalue weighted by molar-refractivity contribution is 5.79. The van der Waals surface area contributed by atoms with Crippen molar-refractivity contribution in [1.82, 2.24) is 4.90 Å². The molecule has 0 spiro atoms. The number of fused-ring (bicyclic) bond motifs is 3. The fourth-order valence-corrected chi connectivity index (χ4v) is 4.23. The Morgan fingerprint density at radius 2 is 1.50 bits per heavy atom. The molecule has 0 saturated carbocycles. The molecular weight excluding hydrogens is 391 g/mol. The summed E-state index contributed by atoms with van der Waals surface area (Å²) in [5, 5.41) is 0. The van der Waals surface area contributed by atoms with Gasteiger partial charge in [-0.25, -0.2) is 18.0 Å². The molecule has 1 unspecified atom stereocenters. The zero-order valence-electron chi connectivity index (χ0n) is 15.9. The molecule has 152 valence electrons. The summed E-state index contributed by atoms with van der Waals surface area (Å²) in [5.74, 6) is -3.17. The summed E-state index contributed by atoms with van der Waals surface area (Å²) < 4.78 is 45.9. The lowest BCUT2D eigenvalue weighted by Gasteiger charge is -2.14. The fourth-order valence-electron chi connectivity index (χ4n) is 4.23. The lowest BCUT2D eigenvalue weighted by Crippen LogP contribution is -2.19. The average molecular weight is 409 g/mol. The summed E-state index contributed by atoms with van der Waals surface area (Å²) in [6, 6.07) is 17.2. The zero-order chi connectivity index (χ0) is 20.8. The van der Waals surface area contributed by atoms with E-state index in [1.54, 1.807) is 0 Å². The molecule has 0 radical (unpaired) electrons. The number of carbonyl (C=O) groups is 1. The monoisotopic (exact) mass is 409 g/mol. The number of amides is 1. The molecule has 0 aromatic heterocycles. The van der Waals surface area contributed by atoms with Crippen LogP contribution in [0, 0.1) is 17.5 Å². The van der Waals surface area contributed by atoms with Crippen molar-refractivity contribution in [3.8, 4) is 11.1 Å². The van der Waals surface area contributed by atoms with E-state index in [-0.39, 0.29) is 30.6 Å². The minimum Gasteiger partial charge on any atom is -0.448 e. The number of benzene rings is 3. The number of rotatable bonds is 4. The van der Waals surface area contributed by atoms with E-state index in [9.17, 15) is 18.0 Å². The van der Waals surface area contributed by atoms with Gasteiger partial charge in [-0.1, -0.05) is 48.5 Å². The van der Waals surface area contributed by atoms with Gasteiger partial charge in [-0.2, -0.15) is 0 Å². The summed E-state index contributed by atoms with van der Waals surface area (Å²) in [6.45, 7) is 0.602. The summed E-state index contributed by atoms with van der Waals surface area (Å²) in [4.78, 5) is 13.9. The van der Waals surface area contributed by atoms with Crippen molar-refractivity contribution in [3.63, 3.8) is 0 Å². The third-order valence-electron chi connectivity index (χ3n) is 5.83. The highest BCUT2D eigenvalue weighted by atomic mass is 19.2. The van der Waals surface area contributed by atoms with E-state index in [0.717, 1.165) is 28.3 Å². The third-order valence-corrected chi connectivity index (χ3v) is 5.83. The van der Waals surface area contributed by atoms with Crippen LogP contribution in [-0.2, 0) is 11.2 Å². The number of nitrogens with zero attached hydrogens (tertiary/aromatic N) is 1. The number of hydrogen-bond acceptors (Lipinski definition) is 2. The first-order chi connectivity index (χ1) is 14.5. The quantitative estimate of drug-likeness (QED) is 0.433. The van der Waals surface area contributed by atoms with Crippen molar-refractivity contribution in [1.29, 1.82) is 0 Å². The van der Waals surface area contributed by atoms with Gasteiger partial charge in [-0.15, -0.1) is 0 Å². The van der Waals surface area contributed by atoms with Crippen molar-refractivity contribution in [3.05, 3.63) is 94.8 Å². The molecule has 1 fully saturated rings. The van der Waals surface area contributed by atoms with Gasteiger partial charge in [0.05, 0.1) is 6.04 Å². The van der Waals surface area contributed by atoms with Gasteiger partial charge in [0, 0.05) is 18.5 Å². The molecule has 6 heteroatoms. The van der Waals surface area contributed by atoms with Gasteiger partial charge in [-0.3, -0.25) is 0 Å². The maximum atomic E-state index is 13.8. The molecule has 1 heterocycles. The van der Waals surface area contributed by atoms with E-state index in [0.29, 0.717) is 12.6 Å².